The molecule has 0 fully saturated rings. The zero-order valence-electron chi connectivity index (χ0n) is 15.4. The van der Waals surface area contributed by atoms with E-state index in [1.165, 1.54) is 48.5 Å². The molecule has 0 amide bonds. The second-order valence-corrected chi connectivity index (χ2v) is 8.94. The van der Waals surface area contributed by atoms with Gasteiger partial charge in [0.05, 0.1) is 9.79 Å². The fraction of sp³-hybridized carbons (Fsp3) is 0. The Morgan fingerprint density at radius 3 is 1.80 bits per heavy atom. The molecule has 0 saturated carbocycles. The first-order chi connectivity index (χ1) is 14.3. The first kappa shape index (κ1) is 19.9. The summed E-state index contributed by atoms with van der Waals surface area (Å²) in [6.45, 7) is 0. The molecule has 0 bridgehead atoms. The number of hydrogen-bond acceptors (Lipinski definition) is 6. The number of nitrogens with two attached hydrogens (primary N) is 1. The van der Waals surface area contributed by atoms with E-state index in [4.69, 9.17) is 17.3 Å². The van der Waals surface area contributed by atoms with Crippen LogP contribution in [0.15, 0.2) is 93.3 Å². The monoisotopic (exact) mass is 438 g/mol. The second-order valence-electron chi connectivity index (χ2n) is 6.61. The summed E-state index contributed by atoms with van der Waals surface area (Å²) >= 11 is 6.14. The van der Waals surface area contributed by atoms with Crippen LogP contribution in [-0.4, -0.2) is 20.0 Å². The normalized spacial score (nSPS) is 13.9. The molecule has 150 valence electrons. The molecule has 0 spiro atoms. The minimum atomic E-state index is -3.72. The van der Waals surface area contributed by atoms with Gasteiger partial charge in [-0.2, -0.15) is 0 Å². The highest BCUT2D eigenvalue weighted by molar-refractivity contribution is 7.91. The lowest BCUT2D eigenvalue weighted by molar-refractivity contribution is 0.0982. The number of allylic oxidation sites excluding steroid dienone is 2. The Morgan fingerprint density at radius 2 is 1.23 bits per heavy atom. The van der Waals surface area contributed by atoms with Gasteiger partial charge in [0.2, 0.25) is 21.4 Å². The standard InChI is InChI=1S/C22H15ClN2O4S/c23-19-20(22(27)18-4-2-1-3-17(18)21(19)26)25-14-7-11-16(12-8-14)30(28,29)15-9-5-13(24)6-10-15/h1-12,25H,24H2. The second kappa shape index (κ2) is 7.44. The van der Waals surface area contributed by atoms with Crippen molar-refractivity contribution in [1.82, 2.24) is 0 Å². The molecule has 3 N–H and O–H groups in total. The van der Waals surface area contributed by atoms with Gasteiger partial charge in [0.1, 0.15) is 10.7 Å². The molecule has 0 radical (unpaired) electrons. The first-order valence-electron chi connectivity index (χ1n) is 8.85. The molecule has 0 aliphatic heterocycles. The van der Waals surface area contributed by atoms with Crippen LogP contribution in [0.25, 0.3) is 0 Å². The van der Waals surface area contributed by atoms with E-state index in [9.17, 15) is 18.0 Å². The van der Waals surface area contributed by atoms with Crippen molar-refractivity contribution in [3.63, 3.8) is 0 Å². The van der Waals surface area contributed by atoms with Gasteiger partial charge in [0, 0.05) is 22.5 Å². The Hall–Kier alpha value is -3.42. The van der Waals surface area contributed by atoms with Crippen molar-refractivity contribution in [2.75, 3.05) is 11.1 Å². The van der Waals surface area contributed by atoms with Crippen molar-refractivity contribution in [3.05, 3.63) is 94.7 Å². The van der Waals surface area contributed by atoms with Crippen molar-refractivity contribution in [3.8, 4) is 0 Å². The summed E-state index contributed by atoms with van der Waals surface area (Å²) in [6.07, 6.45) is 0. The van der Waals surface area contributed by atoms with Gasteiger partial charge >= 0.3 is 0 Å². The Bertz CT molecular complexity index is 1310. The number of hydrogen-bond donors (Lipinski definition) is 2. The minimum absolute atomic E-state index is 0.0468. The van der Waals surface area contributed by atoms with E-state index >= 15 is 0 Å². The maximum absolute atomic E-state index is 12.8. The molecule has 0 unspecified atom stereocenters. The number of halogens is 1. The number of carbonyl (C=O) groups excluding carboxylic acids is 2. The molecule has 0 aromatic heterocycles. The third-order valence-electron chi connectivity index (χ3n) is 4.69. The van der Waals surface area contributed by atoms with Gasteiger partial charge < -0.3 is 11.1 Å². The number of benzene rings is 3. The Labute approximate surface area is 177 Å². The smallest absolute Gasteiger partial charge is 0.211 e. The van der Waals surface area contributed by atoms with Crippen LogP contribution in [0.3, 0.4) is 0 Å². The van der Waals surface area contributed by atoms with Crippen molar-refractivity contribution >= 4 is 44.4 Å². The SMILES string of the molecule is Nc1ccc(S(=O)(=O)c2ccc(NC3=C(Cl)C(=O)c4ccccc4C3=O)cc2)cc1. The topological polar surface area (TPSA) is 106 Å². The molecule has 0 heterocycles. The Morgan fingerprint density at radius 1 is 0.733 bits per heavy atom. The molecule has 0 saturated heterocycles. The molecule has 4 rings (SSSR count). The fourth-order valence-corrected chi connectivity index (χ4v) is 4.60. The highest BCUT2D eigenvalue weighted by atomic mass is 35.5. The lowest BCUT2D eigenvalue weighted by Gasteiger charge is -2.19. The molecule has 1 aliphatic rings. The molecule has 0 atom stereocenters. The number of anilines is 2. The zero-order chi connectivity index (χ0) is 21.5. The summed E-state index contributed by atoms with van der Waals surface area (Å²) in [5.74, 6) is -0.856. The van der Waals surface area contributed by atoms with Gasteiger partial charge in [-0.15, -0.1) is 0 Å². The number of nitrogens with one attached hydrogen (secondary N) is 1. The Balaban J connectivity index is 1.63. The van der Waals surface area contributed by atoms with E-state index in [0.717, 1.165) is 0 Å². The number of Topliss-reactive ketones (excluding diaryl/α,β-unsaturated/α-hetero) is 2. The summed E-state index contributed by atoms with van der Waals surface area (Å²) in [5.41, 5.74) is 6.96. The molecule has 6 nitrogen and oxygen atoms in total. The molecule has 1 aliphatic carbocycles. The lowest BCUT2D eigenvalue weighted by atomic mass is 9.92. The van der Waals surface area contributed by atoms with Crippen molar-refractivity contribution in [1.29, 1.82) is 0 Å². The summed E-state index contributed by atoms with van der Waals surface area (Å²) in [5, 5.41) is 2.63. The summed E-state index contributed by atoms with van der Waals surface area (Å²) in [6, 6.07) is 18.1. The molecule has 3 aromatic rings. The van der Waals surface area contributed by atoms with Crippen LogP contribution < -0.4 is 11.1 Å². The molecule has 30 heavy (non-hydrogen) atoms. The Kier molecular flexibility index (Phi) is 4.93. The van der Waals surface area contributed by atoms with Gasteiger partial charge in [0.25, 0.3) is 0 Å². The minimum Gasteiger partial charge on any atom is -0.399 e. The van der Waals surface area contributed by atoms with Crippen LogP contribution in [0.1, 0.15) is 20.7 Å². The van der Waals surface area contributed by atoms with Gasteiger partial charge in [0.15, 0.2) is 0 Å². The molecule has 8 heteroatoms. The number of sulfone groups is 1. The van der Waals surface area contributed by atoms with Crippen LogP contribution in [0.5, 0.6) is 0 Å². The average molecular weight is 439 g/mol. The van der Waals surface area contributed by atoms with Crippen molar-refractivity contribution in [2.24, 2.45) is 0 Å². The predicted molar refractivity (Wildman–Crippen MR) is 114 cm³/mol. The zero-order valence-corrected chi connectivity index (χ0v) is 17.0. The van der Waals surface area contributed by atoms with Gasteiger partial charge in [-0.1, -0.05) is 35.9 Å². The number of ketones is 2. The van der Waals surface area contributed by atoms with E-state index in [1.54, 1.807) is 24.3 Å². The average Bonchev–Trinajstić information content (AvgIpc) is 2.76. The molecular weight excluding hydrogens is 424 g/mol. The van der Waals surface area contributed by atoms with Crippen LogP contribution in [0.4, 0.5) is 11.4 Å². The summed E-state index contributed by atoms with van der Waals surface area (Å²) in [7, 11) is -3.72. The first-order valence-corrected chi connectivity index (χ1v) is 10.7. The molecular formula is C22H15ClN2O4S. The van der Waals surface area contributed by atoms with E-state index in [-0.39, 0.29) is 31.6 Å². The van der Waals surface area contributed by atoms with Crippen LogP contribution in [0.2, 0.25) is 0 Å². The van der Waals surface area contributed by atoms with Gasteiger partial charge in [-0.3, -0.25) is 9.59 Å². The van der Waals surface area contributed by atoms with Crippen LogP contribution >= 0.6 is 11.6 Å². The quantitative estimate of drug-likeness (QED) is 0.595. The predicted octanol–water partition coefficient (Wildman–Crippen LogP) is 4.04. The lowest BCUT2D eigenvalue weighted by Crippen LogP contribution is -2.24. The maximum atomic E-state index is 12.8. The third-order valence-corrected chi connectivity index (χ3v) is 6.83. The fourth-order valence-electron chi connectivity index (χ4n) is 3.10. The highest BCUT2D eigenvalue weighted by Crippen LogP contribution is 2.30. The van der Waals surface area contributed by atoms with E-state index in [0.29, 0.717) is 11.4 Å². The van der Waals surface area contributed by atoms with Gasteiger partial charge in [-0.05, 0) is 48.5 Å². The summed E-state index contributed by atoms with van der Waals surface area (Å²) in [4.78, 5) is 25.4. The number of fused-ring (bicyclic) bond motifs is 1. The van der Waals surface area contributed by atoms with Gasteiger partial charge in [-0.25, -0.2) is 8.42 Å². The van der Waals surface area contributed by atoms with E-state index < -0.39 is 21.4 Å². The number of rotatable bonds is 4. The summed E-state index contributed by atoms with van der Waals surface area (Å²) < 4.78 is 25.5. The van der Waals surface area contributed by atoms with E-state index in [2.05, 4.69) is 5.32 Å². The molecule has 3 aromatic carbocycles. The number of nitrogen functional groups attached to an aromatic ring is 1. The number of carbonyl (C=O) groups is 2. The van der Waals surface area contributed by atoms with Crippen molar-refractivity contribution in [2.45, 2.75) is 9.79 Å². The van der Waals surface area contributed by atoms with E-state index in [1.807, 2.05) is 0 Å². The highest BCUT2D eigenvalue weighted by Gasteiger charge is 2.31. The van der Waals surface area contributed by atoms with Crippen LogP contribution in [-0.2, 0) is 9.84 Å². The van der Waals surface area contributed by atoms with Crippen LogP contribution in [0, 0.1) is 0 Å². The third kappa shape index (κ3) is 3.38. The maximum Gasteiger partial charge on any atom is 0.211 e. The van der Waals surface area contributed by atoms with Crippen molar-refractivity contribution < 1.29 is 18.0 Å². The largest absolute Gasteiger partial charge is 0.399 e.